The number of anilines is 1. The standard InChI is InChI=1S/C35H25F6N3O9/c1-18-5-2-6-20(15-18)28(45)42-25-13-11-19(12-14-25)29(46)43-44-30(47)26(52-32(50)21-7-3-9-23(16-21)34(36,37)38)27(31(48)49)53-33(51)22-8-4-10-24(17-22)35(39,40)41/h2-17,26-27H,1H3,(H,42,45)(H,43,46)(H,44,47)(H,48,49)/t26-,27-/m1/s1. The second-order valence-corrected chi connectivity index (χ2v) is 11.0. The van der Waals surface area contributed by atoms with Gasteiger partial charge < -0.3 is 19.9 Å². The van der Waals surface area contributed by atoms with E-state index in [1.165, 1.54) is 24.3 Å². The number of carbonyl (C=O) groups excluding carboxylic acids is 5. The van der Waals surface area contributed by atoms with E-state index in [1.54, 1.807) is 36.6 Å². The van der Waals surface area contributed by atoms with Crippen molar-refractivity contribution in [3.05, 3.63) is 136 Å². The van der Waals surface area contributed by atoms with Crippen LogP contribution in [0.1, 0.15) is 58.1 Å². The van der Waals surface area contributed by atoms with Crippen LogP contribution in [-0.4, -0.2) is 52.9 Å². The first kappa shape index (κ1) is 39.1. The maximum atomic E-state index is 13.3. The number of halogens is 6. The van der Waals surface area contributed by atoms with Crippen molar-refractivity contribution in [3.8, 4) is 0 Å². The topological polar surface area (TPSA) is 177 Å². The van der Waals surface area contributed by atoms with E-state index >= 15 is 0 Å². The number of esters is 2. The summed E-state index contributed by atoms with van der Waals surface area (Å²) in [7, 11) is 0. The van der Waals surface area contributed by atoms with Crippen LogP contribution in [0.25, 0.3) is 0 Å². The molecule has 0 heterocycles. The molecule has 4 aromatic rings. The summed E-state index contributed by atoms with van der Waals surface area (Å²) in [6.07, 6.45) is -15.4. The molecule has 4 rings (SSSR count). The van der Waals surface area contributed by atoms with E-state index in [-0.39, 0.29) is 11.3 Å². The zero-order chi connectivity index (χ0) is 39.1. The van der Waals surface area contributed by atoms with Gasteiger partial charge >= 0.3 is 30.3 Å². The van der Waals surface area contributed by atoms with Gasteiger partial charge in [0.1, 0.15) is 0 Å². The summed E-state index contributed by atoms with van der Waals surface area (Å²) >= 11 is 0. The SMILES string of the molecule is Cc1cccc(C(=O)Nc2ccc(C(=O)NNC(=O)[C@H](OC(=O)c3cccc(C(F)(F)F)c3)[C@@H](OC(=O)c3cccc(C(F)(F)F)c3)C(=O)O)cc2)c1. The summed E-state index contributed by atoms with van der Waals surface area (Å²) in [6, 6.07) is 16.9. The van der Waals surface area contributed by atoms with Gasteiger partial charge in [-0.05, 0) is 79.7 Å². The van der Waals surface area contributed by atoms with E-state index in [2.05, 4.69) is 5.32 Å². The van der Waals surface area contributed by atoms with Gasteiger partial charge in [0.15, 0.2) is 0 Å². The van der Waals surface area contributed by atoms with Gasteiger partial charge in [0.25, 0.3) is 17.7 Å². The quantitative estimate of drug-likeness (QED) is 0.0917. The van der Waals surface area contributed by atoms with Gasteiger partial charge in [-0.15, -0.1) is 0 Å². The second-order valence-electron chi connectivity index (χ2n) is 11.0. The van der Waals surface area contributed by atoms with Crippen molar-refractivity contribution in [1.82, 2.24) is 10.9 Å². The number of carboxylic acids is 1. The Balaban J connectivity index is 1.54. The largest absolute Gasteiger partial charge is 0.478 e. The number of hydrazine groups is 1. The Labute approximate surface area is 294 Å². The highest BCUT2D eigenvalue weighted by atomic mass is 19.4. The molecule has 0 spiro atoms. The first-order valence-electron chi connectivity index (χ1n) is 14.9. The van der Waals surface area contributed by atoms with Crippen LogP contribution in [0.15, 0.2) is 97.1 Å². The monoisotopic (exact) mass is 745 g/mol. The van der Waals surface area contributed by atoms with E-state index in [0.29, 0.717) is 29.8 Å². The summed E-state index contributed by atoms with van der Waals surface area (Å²) < 4.78 is 89.0. The molecule has 4 aromatic carbocycles. The van der Waals surface area contributed by atoms with Gasteiger partial charge in [0, 0.05) is 16.8 Å². The fourth-order valence-electron chi connectivity index (χ4n) is 4.46. The zero-order valence-electron chi connectivity index (χ0n) is 26.9. The van der Waals surface area contributed by atoms with Gasteiger partial charge in [-0.3, -0.25) is 25.2 Å². The number of hydrogen-bond acceptors (Lipinski definition) is 8. The lowest BCUT2D eigenvalue weighted by Gasteiger charge is -2.24. The van der Waals surface area contributed by atoms with E-state index in [1.807, 2.05) is 5.43 Å². The fraction of sp³-hybridized carbons (Fsp3) is 0.143. The van der Waals surface area contributed by atoms with Gasteiger partial charge in [-0.25, -0.2) is 14.4 Å². The first-order valence-corrected chi connectivity index (χ1v) is 14.9. The first-order chi connectivity index (χ1) is 24.8. The van der Waals surface area contributed by atoms with E-state index < -0.39 is 82.4 Å². The van der Waals surface area contributed by atoms with Crippen LogP contribution in [0.3, 0.4) is 0 Å². The number of ether oxygens (including phenoxy) is 2. The minimum atomic E-state index is -4.94. The molecule has 0 radical (unpaired) electrons. The summed E-state index contributed by atoms with van der Waals surface area (Å²) in [5, 5.41) is 12.5. The Morgan fingerprint density at radius 2 is 1.08 bits per heavy atom. The van der Waals surface area contributed by atoms with Gasteiger partial charge in [0.2, 0.25) is 12.2 Å². The van der Waals surface area contributed by atoms with Crippen LogP contribution in [0.5, 0.6) is 0 Å². The number of amides is 3. The Hall–Kier alpha value is -6.72. The minimum absolute atomic E-state index is 0.137. The summed E-state index contributed by atoms with van der Waals surface area (Å²) in [6.45, 7) is 1.79. The van der Waals surface area contributed by atoms with Crippen LogP contribution < -0.4 is 16.2 Å². The number of aliphatic carboxylic acids is 1. The third kappa shape index (κ3) is 10.4. The Morgan fingerprint density at radius 1 is 0.585 bits per heavy atom. The van der Waals surface area contributed by atoms with E-state index in [0.717, 1.165) is 29.8 Å². The van der Waals surface area contributed by atoms with E-state index in [4.69, 9.17) is 9.47 Å². The molecule has 0 saturated heterocycles. The predicted molar refractivity (Wildman–Crippen MR) is 170 cm³/mol. The molecule has 0 saturated carbocycles. The molecule has 276 valence electrons. The van der Waals surface area contributed by atoms with Crippen molar-refractivity contribution in [2.75, 3.05) is 5.32 Å². The van der Waals surface area contributed by atoms with Crippen molar-refractivity contribution in [3.63, 3.8) is 0 Å². The molecule has 0 aromatic heterocycles. The maximum Gasteiger partial charge on any atom is 0.416 e. The van der Waals surface area contributed by atoms with Crippen LogP contribution in [0.4, 0.5) is 32.0 Å². The number of carboxylic acid groups (broad SMARTS) is 1. The van der Waals surface area contributed by atoms with Crippen molar-refractivity contribution >= 4 is 41.3 Å². The highest BCUT2D eigenvalue weighted by Gasteiger charge is 2.42. The second kappa shape index (κ2) is 16.1. The van der Waals surface area contributed by atoms with Crippen molar-refractivity contribution in [2.24, 2.45) is 0 Å². The van der Waals surface area contributed by atoms with Crippen LogP contribution in [-0.2, 0) is 31.4 Å². The van der Waals surface area contributed by atoms with Crippen molar-refractivity contribution in [2.45, 2.75) is 31.5 Å². The Morgan fingerprint density at radius 3 is 1.57 bits per heavy atom. The zero-order valence-corrected chi connectivity index (χ0v) is 26.9. The van der Waals surface area contributed by atoms with Gasteiger partial charge in [0.05, 0.1) is 22.3 Å². The molecule has 0 aliphatic heterocycles. The molecular weight excluding hydrogens is 720 g/mol. The molecule has 0 aliphatic carbocycles. The van der Waals surface area contributed by atoms with Crippen LogP contribution in [0, 0.1) is 6.92 Å². The van der Waals surface area contributed by atoms with Crippen molar-refractivity contribution < 1.29 is 69.7 Å². The summed E-state index contributed by atoms with van der Waals surface area (Å²) in [4.78, 5) is 76.4. The molecule has 0 fully saturated rings. The third-order valence-corrected chi connectivity index (χ3v) is 7.08. The van der Waals surface area contributed by atoms with E-state index in [9.17, 15) is 60.2 Å². The molecule has 18 heteroatoms. The average Bonchev–Trinajstić information content (AvgIpc) is 3.11. The molecule has 2 atom stereocenters. The lowest BCUT2D eigenvalue weighted by atomic mass is 10.1. The number of alkyl halides is 6. The molecule has 4 N–H and O–H groups in total. The molecule has 53 heavy (non-hydrogen) atoms. The number of carbonyl (C=O) groups is 6. The Kier molecular flexibility index (Phi) is 11.9. The van der Waals surface area contributed by atoms with Gasteiger partial charge in [-0.1, -0.05) is 29.8 Å². The summed E-state index contributed by atoms with van der Waals surface area (Å²) in [5.74, 6) is -8.82. The summed E-state index contributed by atoms with van der Waals surface area (Å²) in [5.41, 5.74) is 0.661. The lowest BCUT2D eigenvalue weighted by molar-refractivity contribution is -0.159. The predicted octanol–water partition coefficient (Wildman–Crippen LogP) is 5.58. The van der Waals surface area contributed by atoms with Gasteiger partial charge in [-0.2, -0.15) is 26.3 Å². The maximum absolute atomic E-state index is 13.3. The number of rotatable bonds is 10. The molecule has 0 aliphatic rings. The van der Waals surface area contributed by atoms with Crippen LogP contribution in [0.2, 0.25) is 0 Å². The Bertz CT molecular complexity index is 2050. The number of benzene rings is 4. The number of hydrogen-bond donors (Lipinski definition) is 4. The highest BCUT2D eigenvalue weighted by molar-refractivity contribution is 6.05. The number of nitrogens with one attached hydrogen (secondary N) is 3. The highest BCUT2D eigenvalue weighted by Crippen LogP contribution is 2.31. The molecular formula is C35H25F6N3O9. The molecule has 0 bridgehead atoms. The van der Waals surface area contributed by atoms with Crippen LogP contribution >= 0.6 is 0 Å². The minimum Gasteiger partial charge on any atom is -0.478 e. The fourth-order valence-corrected chi connectivity index (χ4v) is 4.46. The molecule has 12 nitrogen and oxygen atoms in total. The van der Waals surface area contributed by atoms with Crippen molar-refractivity contribution in [1.29, 1.82) is 0 Å². The third-order valence-electron chi connectivity index (χ3n) is 7.08. The normalized spacial score (nSPS) is 12.4. The molecule has 0 unspecified atom stereocenters. The smallest absolute Gasteiger partial charge is 0.416 e. The number of aryl methyl sites for hydroxylation is 1. The average molecular weight is 746 g/mol. The molecule has 3 amide bonds. The lowest BCUT2D eigenvalue weighted by Crippen LogP contribution is -2.54.